The van der Waals surface area contributed by atoms with Gasteiger partial charge in [-0.25, -0.2) is 9.37 Å². The molecule has 0 spiro atoms. The quantitative estimate of drug-likeness (QED) is 0.436. The second kappa shape index (κ2) is 12.0. The number of imidazole rings is 1. The van der Waals surface area contributed by atoms with Crippen LogP contribution >= 0.6 is 0 Å². The molecule has 3 aromatic rings. The standard InChI is InChI=1S/C27H33FN6O3/c1-19(30-25(35)15-29-2)26(36)34-13-6-9-22(34)17-32(14-12-20-7-4-3-5-8-20)27(37)23-18-33-16-21(28)10-11-24(33)31-23/h3-5,7-8,10-11,16,18-19,22,29H,6,9,12-15,17H2,1-2H3,(H,30,35). The first-order valence-electron chi connectivity index (χ1n) is 12.6. The molecular weight excluding hydrogens is 475 g/mol. The monoisotopic (exact) mass is 508 g/mol. The van der Waals surface area contributed by atoms with Gasteiger partial charge in [0.1, 0.15) is 23.2 Å². The van der Waals surface area contributed by atoms with Crippen molar-refractivity contribution in [1.29, 1.82) is 0 Å². The molecule has 4 rings (SSSR count). The number of nitrogens with one attached hydrogen (secondary N) is 2. The molecule has 10 heteroatoms. The van der Waals surface area contributed by atoms with E-state index in [1.165, 1.54) is 28.9 Å². The molecule has 2 aromatic heterocycles. The summed E-state index contributed by atoms with van der Waals surface area (Å²) >= 11 is 0. The van der Waals surface area contributed by atoms with Crippen LogP contribution in [0.3, 0.4) is 0 Å². The summed E-state index contributed by atoms with van der Waals surface area (Å²) in [5.41, 5.74) is 1.80. The Hall–Kier alpha value is -3.79. The molecule has 1 fully saturated rings. The van der Waals surface area contributed by atoms with Crippen molar-refractivity contribution >= 4 is 23.4 Å². The number of hydrogen-bond donors (Lipinski definition) is 2. The Morgan fingerprint density at radius 3 is 2.70 bits per heavy atom. The van der Waals surface area contributed by atoms with Gasteiger partial charge in [-0.1, -0.05) is 30.3 Å². The Morgan fingerprint density at radius 2 is 1.95 bits per heavy atom. The van der Waals surface area contributed by atoms with E-state index in [1.807, 2.05) is 30.3 Å². The highest BCUT2D eigenvalue weighted by Crippen LogP contribution is 2.21. The maximum Gasteiger partial charge on any atom is 0.274 e. The van der Waals surface area contributed by atoms with Gasteiger partial charge in [0.25, 0.3) is 5.91 Å². The zero-order valence-corrected chi connectivity index (χ0v) is 21.2. The van der Waals surface area contributed by atoms with E-state index in [-0.39, 0.29) is 36.0 Å². The van der Waals surface area contributed by atoms with Gasteiger partial charge in [-0.15, -0.1) is 0 Å². The number of rotatable bonds is 10. The maximum absolute atomic E-state index is 13.7. The Kier molecular flexibility index (Phi) is 8.50. The second-order valence-corrected chi connectivity index (χ2v) is 9.37. The number of likely N-dealkylation sites (tertiary alicyclic amines) is 1. The fraction of sp³-hybridized carbons (Fsp3) is 0.407. The Labute approximate surface area is 215 Å². The molecule has 1 saturated heterocycles. The summed E-state index contributed by atoms with van der Waals surface area (Å²) in [6.45, 7) is 3.17. The first-order valence-corrected chi connectivity index (χ1v) is 12.6. The van der Waals surface area contributed by atoms with E-state index in [4.69, 9.17) is 0 Å². The Bertz CT molecular complexity index is 1250. The van der Waals surface area contributed by atoms with Gasteiger partial charge in [0.15, 0.2) is 0 Å². The number of halogens is 1. The van der Waals surface area contributed by atoms with E-state index in [1.54, 1.807) is 23.8 Å². The molecule has 2 N–H and O–H groups in total. The van der Waals surface area contributed by atoms with Crippen LogP contribution in [0.1, 0.15) is 35.8 Å². The van der Waals surface area contributed by atoms with Gasteiger partial charge in [0, 0.05) is 38.1 Å². The van der Waals surface area contributed by atoms with Crippen LogP contribution in [0.2, 0.25) is 0 Å². The smallest absolute Gasteiger partial charge is 0.274 e. The lowest BCUT2D eigenvalue weighted by atomic mass is 10.1. The van der Waals surface area contributed by atoms with Gasteiger partial charge in [-0.05, 0) is 50.9 Å². The average molecular weight is 509 g/mol. The fourth-order valence-electron chi connectivity index (χ4n) is 4.75. The minimum atomic E-state index is -0.664. The molecule has 2 unspecified atom stereocenters. The number of aromatic nitrogens is 2. The lowest BCUT2D eigenvalue weighted by Crippen LogP contribution is -2.52. The van der Waals surface area contributed by atoms with E-state index in [0.717, 1.165) is 18.4 Å². The molecule has 0 bridgehead atoms. The minimum Gasteiger partial charge on any atom is -0.343 e. The Morgan fingerprint density at radius 1 is 1.16 bits per heavy atom. The van der Waals surface area contributed by atoms with Crippen molar-refractivity contribution in [3.8, 4) is 0 Å². The number of benzene rings is 1. The molecule has 196 valence electrons. The highest BCUT2D eigenvalue weighted by atomic mass is 19.1. The largest absolute Gasteiger partial charge is 0.343 e. The number of amides is 3. The summed E-state index contributed by atoms with van der Waals surface area (Å²) in [5.74, 6) is -1.09. The first-order chi connectivity index (χ1) is 17.9. The molecule has 2 atom stereocenters. The van der Waals surface area contributed by atoms with Gasteiger partial charge in [0.2, 0.25) is 11.8 Å². The molecule has 0 saturated carbocycles. The van der Waals surface area contributed by atoms with Crippen LogP contribution in [0.15, 0.2) is 54.9 Å². The summed E-state index contributed by atoms with van der Waals surface area (Å²) in [6, 6.07) is 11.9. The van der Waals surface area contributed by atoms with Gasteiger partial charge in [-0.3, -0.25) is 14.4 Å². The van der Waals surface area contributed by atoms with E-state index >= 15 is 0 Å². The van der Waals surface area contributed by atoms with E-state index in [2.05, 4.69) is 15.6 Å². The third-order valence-corrected chi connectivity index (χ3v) is 6.61. The average Bonchev–Trinajstić information content (AvgIpc) is 3.53. The van der Waals surface area contributed by atoms with Crippen LogP contribution in [-0.2, 0) is 16.0 Å². The number of pyridine rings is 1. The van der Waals surface area contributed by atoms with Gasteiger partial charge in [-0.2, -0.15) is 0 Å². The highest BCUT2D eigenvalue weighted by molar-refractivity contribution is 5.93. The molecule has 1 aliphatic heterocycles. The van der Waals surface area contributed by atoms with E-state index in [9.17, 15) is 18.8 Å². The van der Waals surface area contributed by atoms with Crippen LogP contribution < -0.4 is 10.6 Å². The molecule has 1 aromatic carbocycles. The zero-order valence-electron chi connectivity index (χ0n) is 21.2. The SMILES string of the molecule is CNCC(=O)NC(C)C(=O)N1CCCC1CN(CCc1ccccc1)C(=O)c1cn2cc(F)ccc2n1. The third kappa shape index (κ3) is 6.51. The van der Waals surface area contributed by atoms with Crippen LogP contribution in [0, 0.1) is 5.82 Å². The highest BCUT2D eigenvalue weighted by Gasteiger charge is 2.34. The normalized spacial score (nSPS) is 16.1. The number of fused-ring (bicyclic) bond motifs is 1. The molecule has 0 radical (unpaired) electrons. The van der Waals surface area contributed by atoms with Crippen LogP contribution in [0.4, 0.5) is 4.39 Å². The van der Waals surface area contributed by atoms with Crippen molar-refractivity contribution < 1.29 is 18.8 Å². The number of nitrogens with zero attached hydrogens (tertiary/aromatic N) is 4. The first kappa shape index (κ1) is 26.3. The lowest BCUT2D eigenvalue weighted by Gasteiger charge is -2.32. The van der Waals surface area contributed by atoms with Gasteiger partial charge < -0.3 is 24.8 Å². The van der Waals surface area contributed by atoms with Gasteiger partial charge in [0.05, 0.1) is 6.54 Å². The maximum atomic E-state index is 13.7. The number of likely N-dealkylation sites (N-methyl/N-ethyl adjacent to an activating group) is 1. The minimum absolute atomic E-state index is 0.131. The third-order valence-electron chi connectivity index (χ3n) is 6.61. The number of carbonyl (C=O) groups is 3. The van der Waals surface area contributed by atoms with Crippen molar-refractivity contribution in [3.05, 3.63) is 71.9 Å². The molecule has 1 aliphatic rings. The number of carbonyl (C=O) groups excluding carboxylic acids is 3. The van der Waals surface area contributed by atoms with E-state index < -0.39 is 11.9 Å². The summed E-state index contributed by atoms with van der Waals surface area (Å²) in [5, 5.41) is 5.50. The molecule has 3 amide bonds. The number of hydrogen-bond acceptors (Lipinski definition) is 5. The predicted octanol–water partition coefficient (Wildman–Crippen LogP) is 1.87. The van der Waals surface area contributed by atoms with Crippen molar-refractivity contribution in [2.45, 2.75) is 38.3 Å². The summed E-state index contributed by atoms with van der Waals surface area (Å²) in [7, 11) is 1.67. The van der Waals surface area contributed by atoms with Crippen molar-refractivity contribution in [2.24, 2.45) is 0 Å². The molecular formula is C27H33FN6O3. The predicted molar refractivity (Wildman–Crippen MR) is 137 cm³/mol. The van der Waals surface area contributed by atoms with Gasteiger partial charge >= 0.3 is 0 Å². The van der Waals surface area contributed by atoms with Crippen molar-refractivity contribution in [3.63, 3.8) is 0 Å². The lowest BCUT2D eigenvalue weighted by molar-refractivity contribution is -0.136. The topological polar surface area (TPSA) is 99.0 Å². The second-order valence-electron chi connectivity index (χ2n) is 9.37. The van der Waals surface area contributed by atoms with Crippen molar-refractivity contribution in [2.75, 3.05) is 33.2 Å². The molecule has 3 heterocycles. The summed E-state index contributed by atoms with van der Waals surface area (Å²) in [4.78, 5) is 46.7. The molecule has 9 nitrogen and oxygen atoms in total. The van der Waals surface area contributed by atoms with Crippen LogP contribution in [0.25, 0.3) is 5.65 Å². The summed E-state index contributed by atoms with van der Waals surface area (Å²) in [6.07, 6.45) is 5.05. The molecule has 0 aliphatic carbocycles. The van der Waals surface area contributed by atoms with Crippen LogP contribution in [0.5, 0.6) is 0 Å². The Balaban J connectivity index is 1.52. The van der Waals surface area contributed by atoms with Crippen molar-refractivity contribution in [1.82, 2.24) is 29.8 Å². The summed E-state index contributed by atoms with van der Waals surface area (Å²) < 4.78 is 15.2. The molecule has 37 heavy (non-hydrogen) atoms. The van der Waals surface area contributed by atoms with E-state index in [0.29, 0.717) is 31.7 Å². The fourth-order valence-corrected chi connectivity index (χ4v) is 4.75. The van der Waals surface area contributed by atoms with Crippen LogP contribution in [-0.4, -0.2) is 82.2 Å². The zero-order chi connectivity index (χ0) is 26.4.